The molecule has 3 heteroatoms. The van der Waals surface area contributed by atoms with Crippen molar-refractivity contribution in [3.8, 4) is 11.3 Å². The van der Waals surface area contributed by atoms with Gasteiger partial charge in [0, 0.05) is 18.3 Å². The van der Waals surface area contributed by atoms with E-state index in [1.54, 1.807) is 0 Å². The molecule has 0 radical (unpaired) electrons. The van der Waals surface area contributed by atoms with Gasteiger partial charge in [0.2, 0.25) is 0 Å². The highest BCUT2D eigenvalue weighted by Gasteiger charge is 2.12. The molecule has 1 unspecified atom stereocenters. The van der Waals surface area contributed by atoms with Gasteiger partial charge in [-0.05, 0) is 24.8 Å². The maximum absolute atomic E-state index is 5.71. The van der Waals surface area contributed by atoms with E-state index in [0.29, 0.717) is 12.5 Å². The van der Waals surface area contributed by atoms with E-state index in [1.807, 2.05) is 7.05 Å². The predicted molar refractivity (Wildman–Crippen MR) is 80.0 cm³/mol. The molecule has 2 aromatic rings. The Morgan fingerprint density at radius 3 is 2.37 bits per heavy atom. The lowest BCUT2D eigenvalue weighted by molar-refractivity contribution is 0.734. The predicted octanol–water partition coefficient (Wildman–Crippen LogP) is 3.37. The van der Waals surface area contributed by atoms with Crippen LogP contribution in [0.3, 0.4) is 0 Å². The Labute approximate surface area is 115 Å². The SMILES string of the molecule is CCC(C)c1ccc(-c2nc(CN)n(C)c2C)cc1. The lowest BCUT2D eigenvalue weighted by atomic mass is 9.97. The highest BCUT2D eigenvalue weighted by atomic mass is 15.1. The lowest BCUT2D eigenvalue weighted by Crippen LogP contribution is -2.05. The number of nitrogens with two attached hydrogens (primary N) is 1. The van der Waals surface area contributed by atoms with E-state index in [0.717, 1.165) is 17.2 Å². The van der Waals surface area contributed by atoms with Crippen LogP contribution in [0.1, 0.15) is 43.3 Å². The summed E-state index contributed by atoms with van der Waals surface area (Å²) in [5.41, 5.74) is 10.5. The van der Waals surface area contributed by atoms with Gasteiger partial charge in [-0.1, -0.05) is 38.1 Å². The van der Waals surface area contributed by atoms with Crippen molar-refractivity contribution in [3.05, 3.63) is 41.3 Å². The van der Waals surface area contributed by atoms with Crippen molar-refractivity contribution >= 4 is 0 Å². The number of hydrogen-bond donors (Lipinski definition) is 1. The van der Waals surface area contributed by atoms with Gasteiger partial charge in [0.15, 0.2) is 0 Å². The van der Waals surface area contributed by atoms with Crippen molar-refractivity contribution < 1.29 is 0 Å². The molecule has 0 fully saturated rings. The Morgan fingerprint density at radius 1 is 1.26 bits per heavy atom. The Balaban J connectivity index is 2.37. The summed E-state index contributed by atoms with van der Waals surface area (Å²) in [7, 11) is 2.02. The normalized spacial score (nSPS) is 12.7. The number of nitrogens with zero attached hydrogens (tertiary/aromatic N) is 2. The topological polar surface area (TPSA) is 43.8 Å². The average Bonchev–Trinajstić information content (AvgIpc) is 2.74. The first-order valence-corrected chi connectivity index (χ1v) is 6.91. The van der Waals surface area contributed by atoms with Crippen LogP contribution in [0.4, 0.5) is 0 Å². The summed E-state index contributed by atoms with van der Waals surface area (Å²) >= 11 is 0. The van der Waals surface area contributed by atoms with E-state index in [-0.39, 0.29) is 0 Å². The van der Waals surface area contributed by atoms with Crippen molar-refractivity contribution in [2.45, 2.75) is 39.7 Å². The van der Waals surface area contributed by atoms with Gasteiger partial charge in [0.25, 0.3) is 0 Å². The molecule has 3 nitrogen and oxygen atoms in total. The van der Waals surface area contributed by atoms with Crippen LogP contribution < -0.4 is 5.73 Å². The van der Waals surface area contributed by atoms with E-state index in [2.05, 4.69) is 54.6 Å². The first-order chi connectivity index (χ1) is 9.08. The zero-order valence-corrected chi connectivity index (χ0v) is 12.3. The fraction of sp³-hybridized carbons (Fsp3) is 0.438. The molecule has 1 atom stereocenters. The maximum Gasteiger partial charge on any atom is 0.123 e. The van der Waals surface area contributed by atoms with Gasteiger partial charge in [0.1, 0.15) is 5.82 Å². The molecular weight excluding hydrogens is 234 g/mol. The second-order valence-corrected chi connectivity index (χ2v) is 5.16. The van der Waals surface area contributed by atoms with Gasteiger partial charge in [0.05, 0.1) is 12.2 Å². The minimum Gasteiger partial charge on any atom is -0.334 e. The van der Waals surface area contributed by atoms with Crippen LogP contribution >= 0.6 is 0 Å². The molecule has 2 N–H and O–H groups in total. The van der Waals surface area contributed by atoms with Gasteiger partial charge in [-0.15, -0.1) is 0 Å². The summed E-state index contributed by atoms with van der Waals surface area (Å²) in [6, 6.07) is 8.74. The van der Waals surface area contributed by atoms with Gasteiger partial charge in [-0.3, -0.25) is 0 Å². The van der Waals surface area contributed by atoms with E-state index in [1.165, 1.54) is 17.5 Å². The van der Waals surface area contributed by atoms with E-state index in [9.17, 15) is 0 Å². The Bertz CT molecular complexity index is 552. The van der Waals surface area contributed by atoms with Gasteiger partial charge in [-0.25, -0.2) is 4.98 Å². The maximum atomic E-state index is 5.71. The Hall–Kier alpha value is -1.61. The fourth-order valence-electron chi connectivity index (χ4n) is 2.30. The third kappa shape index (κ3) is 2.56. The number of aromatic nitrogens is 2. The summed E-state index contributed by atoms with van der Waals surface area (Å²) in [5, 5.41) is 0. The fourth-order valence-corrected chi connectivity index (χ4v) is 2.30. The molecule has 0 bridgehead atoms. The van der Waals surface area contributed by atoms with Crippen molar-refractivity contribution in [2.75, 3.05) is 0 Å². The Kier molecular flexibility index (Phi) is 4.05. The average molecular weight is 257 g/mol. The minimum absolute atomic E-state index is 0.474. The summed E-state index contributed by atoms with van der Waals surface area (Å²) in [5.74, 6) is 1.54. The van der Waals surface area contributed by atoms with Crippen LogP contribution in [0.25, 0.3) is 11.3 Å². The highest BCUT2D eigenvalue weighted by molar-refractivity contribution is 5.62. The second-order valence-electron chi connectivity index (χ2n) is 5.16. The highest BCUT2D eigenvalue weighted by Crippen LogP contribution is 2.26. The second kappa shape index (κ2) is 5.57. The molecule has 0 aliphatic rings. The minimum atomic E-state index is 0.474. The van der Waals surface area contributed by atoms with Gasteiger partial charge < -0.3 is 10.3 Å². The van der Waals surface area contributed by atoms with Crippen molar-refractivity contribution in [2.24, 2.45) is 12.8 Å². The molecule has 0 spiro atoms. The zero-order valence-electron chi connectivity index (χ0n) is 12.3. The standard InChI is InChI=1S/C16H23N3/c1-5-11(2)13-6-8-14(9-7-13)16-12(3)19(4)15(10-17)18-16/h6-9,11H,5,10,17H2,1-4H3. The zero-order chi connectivity index (χ0) is 14.0. The third-order valence-electron chi connectivity index (χ3n) is 4.02. The number of hydrogen-bond acceptors (Lipinski definition) is 2. The molecule has 0 saturated heterocycles. The first-order valence-electron chi connectivity index (χ1n) is 6.91. The summed E-state index contributed by atoms with van der Waals surface area (Å²) in [6.45, 7) is 7.04. The Morgan fingerprint density at radius 2 is 1.89 bits per heavy atom. The summed E-state index contributed by atoms with van der Waals surface area (Å²) in [6.07, 6.45) is 1.17. The number of rotatable bonds is 4. The number of benzene rings is 1. The smallest absolute Gasteiger partial charge is 0.123 e. The first kappa shape index (κ1) is 13.8. The molecular formula is C16H23N3. The van der Waals surface area contributed by atoms with Crippen LogP contribution in [0.5, 0.6) is 0 Å². The molecule has 0 saturated carbocycles. The quantitative estimate of drug-likeness (QED) is 0.912. The molecule has 0 amide bonds. The molecule has 1 aromatic carbocycles. The van der Waals surface area contributed by atoms with E-state index in [4.69, 9.17) is 5.73 Å². The summed E-state index contributed by atoms with van der Waals surface area (Å²) < 4.78 is 2.07. The third-order valence-corrected chi connectivity index (χ3v) is 4.02. The van der Waals surface area contributed by atoms with Crippen LogP contribution in [0.2, 0.25) is 0 Å². The summed E-state index contributed by atoms with van der Waals surface area (Å²) in [4.78, 5) is 4.63. The molecule has 0 aliphatic heterocycles. The van der Waals surface area contributed by atoms with Crippen LogP contribution in [-0.4, -0.2) is 9.55 Å². The van der Waals surface area contributed by atoms with E-state index < -0.39 is 0 Å². The van der Waals surface area contributed by atoms with Crippen molar-refractivity contribution in [1.29, 1.82) is 0 Å². The van der Waals surface area contributed by atoms with Crippen LogP contribution in [0, 0.1) is 6.92 Å². The van der Waals surface area contributed by atoms with E-state index >= 15 is 0 Å². The molecule has 2 rings (SSSR count). The lowest BCUT2D eigenvalue weighted by Gasteiger charge is -2.09. The largest absolute Gasteiger partial charge is 0.334 e. The van der Waals surface area contributed by atoms with Gasteiger partial charge in [-0.2, -0.15) is 0 Å². The van der Waals surface area contributed by atoms with Crippen LogP contribution in [-0.2, 0) is 13.6 Å². The van der Waals surface area contributed by atoms with Crippen molar-refractivity contribution in [3.63, 3.8) is 0 Å². The molecule has 0 aliphatic carbocycles. The molecule has 19 heavy (non-hydrogen) atoms. The van der Waals surface area contributed by atoms with Crippen LogP contribution in [0.15, 0.2) is 24.3 Å². The molecule has 1 heterocycles. The van der Waals surface area contributed by atoms with Gasteiger partial charge >= 0.3 is 0 Å². The number of imidazole rings is 1. The van der Waals surface area contributed by atoms with Crippen molar-refractivity contribution in [1.82, 2.24) is 9.55 Å². The monoisotopic (exact) mass is 257 g/mol. The molecule has 102 valence electrons. The molecule has 1 aromatic heterocycles.